The van der Waals surface area contributed by atoms with Crippen molar-refractivity contribution < 1.29 is 28.2 Å². The molecule has 3 aromatic carbocycles. The molecule has 0 fully saturated rings. The number of aromatic nitrogens is 5. The van der Waals surface area contributed by atoms with Crippen molar-refractivity contribution in [1.29, 1.82) is 0 Å². The maximum atomic E-state index is 11.8. The zero-order chi connectivity index (χ0) is 34.0. The van der Waals surface area contributed by atoms with Crippen LogP contribution in [0.3, 0.4) is 0 Å². The molecule has 6 aromatic rings. The molecule has 0 saturated heterocycles. The Morgan fingerprint density at radius 2 is 1.23 bits per heavy atom. The van der Waals surface area contributed by atoms with E-state index in [4.69, 9.17) is 18.3 Å². The van der Waals surface area contributed by atoms with Crippen molar-refractivity contribution >= 4 is 5.97 Å². The summed E-state index contributed by atoms with van der Waals surface area (Å²) in [5.41, 5.74) is 5.15. The minimum absolute atomic E-state index is 0.0600. The van der Waals surface area contributed by atoms with Crippen LogP contribution in [0.5, 0.6) is 11.5 Å². The fraction of sp³-hybridized carbons (Fsp3) is 0.270. The molecule has 11 nitrogen and oxygen atoms in total. The fourth-order valence-corrected chi connectivity index (χ4v) is 5.07. The Kier molecular flexibility index (Phi) is 11.0. The molecule has 0 unspecified atom stereocenters. The summed E-state index contributed by atoms with van der Waals surface area (Å²) in [5, 5.41) is 17.9. The molecule has 3 heterocycles. The largest absolute Gasteiger partial charge is 0.493 e. The summed E-state index contributed by atoms with van der Waals surface area (Å²) in [7, 11) is 0. The molecule has 0 atom stereocenters. The van der Waals surface area contributed by atoms with Crippen molar-refractivity contribution in [3.8, 4) is 17.2 Å². The standard InChI is InChI=1S/C23H22N4O4.C14H17NO2/c1-15-20(24-16(2)31-15)12-13-30-19-10-8-17(9-11-19)14-21-22(23(28)29)27(26-25-21)18-6-4-3-5-7-18;1-10-4-6-13(7-5-10)16-9-8-14-11(2)17-12(3)15-14/h3-11H,12-14H2,1-2H3,(H,28,29);4-7H,8-9H2,1-3H3. The summed E-state index contributed by atoms with van der Waals surface area (Å²) in [6, 6.07) is 24.7. The van der Waals surface area contributed by atoms with Gasteiger partial charge >= 0.3 is 5.97 Å². The van der Waals surface area contributed by atoms with Crippen LogP contribution in [0.1, 0.15) is 62.0 Å². The fourth-order valence-electron chi connectivity index (χ4n) is 5.07. The molecule has 0 radical (unpaired) electrons. The third-order valence-electron chi connectivity index (χ3n) is 7.47. The maximum Gasteiger partial charge on any atom is 0.356 e. The lowest BCUT2D eigenvalue weighted by Crippen LogP contribution is -2.10. The van der Waals surface area contributed by atoms with E-state index in [1.165, 1.54) is 10.2 Å². The minimum Gasteiger partial charge on any atom is -0.493 e. The number of para-hydroxylation sites is 1. The zero-order valence-corrected chi connectivity index (χ0v) is 27.8. The first-order valence-electron chi connectivity index (χ1n) is 15.7. The number of hydrogen-bond donors (Lipinski definition) is 1. The molecule has 1 N–H and O–H groups in total. The van der Waals surface area contributed by atoms with Crippen LogP contribution in [0.4, 0.5) is 0 Å². The average Bonchev–Trinajstić information content (AvgIpc) is 3.74. The van der Waals surface area contributed by atoms with Gasteiger partial charge in [0.05, 0.1) is 30.3 Å². The third kappa shape index (κ3) is 8.97. The number of oxazole rings is 2. The summed E-state index contributed by atoms with van der Waals surface area (Å²) in [4.78, 5) is 20.5. The van der Waals surface area contributed by atoms with Crippen molar-refractivity contribution in [3.63, 3.8) is 0 Å². The molecular formula is C37H39N5O6. The lowest BCUT2D eigenvalue weighted by atomic mass is 10.1. The Bertz CT molecular complexity index is 1930. The zero-order valence-electron chi connectivity index (χ0n) is 27.8. The molecular weight excluding hydrogens is 610 g/mol. The number of ether oxygens (including phenoxy) is 2. The maximum absolute atomic E-state index is 11.8. The predicted molar refractivity (Wildman–Crippen MR) is 179 cm³/mol. The summed E-state index contributed by atoms with van der Waals surface area (Å²) in [5.74, 6) is 3.63. The Hall–Kier alpha value is -5.71. The second kappa shape index (κ2) is 15.7. The van der Waals surface area contributed by atoms with E-state index in [0.717, 1.165) is 46.4 Å². The number of aromatic carboxylic acids is 1. The van der Waals surface area contributed by atoms with Crippen LogP contribution in [0, 0.1) is 34.6 Å². The first kappa shape index (κ1) is 33.6. The quantitative estimate of drug-likeness (QED) is 0.147. The van der Waals surface area contributed by atoms with Crippen LogP contribution in [0.15, 0.2) is 87.7 Å². The Balaban J connectivity index is 0.000000224. The third-order valence-corrected chi connectivity index (χ3v) is 7.47. The highest BCUT2D eigenvalue weighted by Gasteiger charge is 2.21. The Morgan fingerprint density at radius 1 is 0.708 bits per heavy atom. The monoisotopic (exact) mass is 649 g/mol. The van der Waals surface area contributed by atoms with Crippen molar-refractivity contribution in [1.82, 2.24) is 25.0 Å². The van der Waals surface area contributed by atoms with E-state index >= 15 is 0 Å². The van der Waals surface area contributed by atoms with E-state index in [-0.39, 0.29) is 5.69 Å². The Labute approximate surface area is 279 Å². The van der Waals surface area contributed by atoms with Gasteiger partial charge in [0.1, 0.15) is 28.7 Å². The van der Waals surface area contributed by atoms with E-state index in [1.54, 1.807) is 12.1 Å². The number of hydrogen-bond acceptors (Lipinski definition) is 9. The van der Waals surface area contributed by atoms with Crippen LogP contribution >= 0.6 is 0 Å². The SMILES string of the molecule is Cc1ccc(OCCc2nc(C)oc2C)cc1.Cc1nc(CCOc2ccc(Cc3nnn(-c4ccccc4)c3C(=O)O)cc2)c(C)o1. The van der Waals surface area contributed by atoms with Crippen LogP contribution < -0.4 is 9.47 Å². The van der Waals surface area contributed by atoms with Crippen LogP contribution in [0.25, 0.3) is 5.69 Å². The molecule has 6 rings (SSSR count). The number of aryl methyl sites for hydroxylation is 5. The molecule has 0 saturated carbocycles. The summed E-state index contributed by atoms with van der Waals surface area (Å²) >= 11 is 0. The molecule has 0 spiro atoms. The van der Waals surface area contributed by atoms with Gasteiger partial charge in [0, 0.05) is 33.1 Å². The van der Waals surface area contributed by atoms with Gasteiger partial charge < -0.3 is 23.4 Å². The van der Waals surface area contributed by atoms with Crippen LogP contribution in [-0.4, -0.2) is 49.3 Å². The van der Waals surface area contributed by atoms with Gasteiger partial charge in [-0.05, 0) is 62.7 Å². The number of carboxylic acid groups (broad SMARTS) is 1. The summed E-state index contributed by atoms with van der Waals surface area (Å²) in [6.45, 7) is 10.7. The lowest BCUT2D eigenvalue weighted by molar-refractivity contribution is 0.0686. The van der Waals surface area contributed by atoms with Crippen molar-refractivity contribution in [3.05, 3.63) is 136 Å². The predicted octanol–water partition coefficient (Wildman–Crippen LogP) is 7.00. The normalized spacial score (nSPS) is 10.8. The van der Waals surface area contributed by atoms with E-state index < -0.39 is 5.97 Å². The number of nitrogens with zero attached hydrogens (tertiary/aromatic N) is 5. The van der Waals surface area contributed by atoms with E-state index in [1.807, 2.05) is 94.4 Å². The summed E-state index contributed by atoms with van der Waals surface area (Å²) in [6.07, 6.45) is 1.79. The second-order valence-electron chi connectivity index (χ2n) is 11.2. The topological polar surface area (TPSA) is 139 Å². The molecule has 0 aliphatic rings. The van der Waals surface area contributed by atoms with Gasteiger partial charge in [-0.2, -0.15) is 0 Å². The van der Waals surface area contributed by atoms with Gasteiger partial charge in [0.25, 0.3) is 0 Å². The Morgan fingerprint density at radius 3 is 1.71 bits per heavy atom. The van der Waals surface area contributed by atoms with Gasteiger partial charge in [0.15, 0.2) is 17.5 Å². The molecule has 248 valence electrons. The smallest absolute Gasteiger partial charge is 0.356 e. The van der Waals surface area contributed by atoms with Gasteiger partial charge in [-0.15, -0.1) is 5.10 Å². The molecule has 48 heavy (non-hydrogen) atoms. The molecule has 11 heteroatoms. The van der Waals surface area contributed by atoms with E-state index in [9.17, 15) is 9.90 Å². The lowest BCUT2D eigenvalue weighted by Gasteiger charge is -2.07. The highest BCUT2D eigenvalue weighted by molar-refractivity contribution is 5.87. The number of benzene rings is 3. The van der Waals surface area contributed by atoms with Crippen LogP contribution in [0.2, 0.25) is 0 Å². The molecule has 0 amide bonds. The van der Waals surface area contributed by atoms with Crippen LogP contribution in [-0.2, 0) is 19.3 Å². The van der Waals surface area contributed by atoms with E-state index in [0.29, 0.717) is 49.2 Å². The minimum atomic E-state index is -1.07. The van der Waals surface area contributed by atoms with Gasteiger partial charge in [0.2, 0.25) is 0 Å². The van der Waals surface area contributed by atoms with Gasteiger partial charge in [-0.3, -0.25) is 0 Å². The summed E-state index contributed by atoms with van der Waals surface area (Å²) < 4.78 is 23.6. The average molecular weight is 650 g/mol. The first-order valence-corrected chi connectivity index (χ1v) is 15.7. The first-order chi connectivity index (χ1) is 23.2. The molecule has 0 aliphatic heterocycles. The number of carboxylic acids is 1. The van der Waals surface area contributed by atoms with E-state index in [2.05, 4.69) is 27.2 Å². The number of carbonyl (C=O) groups is 1. The molecule has 0 aliphatic carbocycles. The highest BCUT2D eigenvalue weighted by Crippen LogP contribution is 2.20. The molecule has 3 aromatic heterocycles. The van der Waals surface area contributed by atoms with Crippen molar-refractivity contribution in [2.75, 3.05) is 13.2 Å². The van der Waals surface area contributed by atoms with Crippen molar-refractivity contribution in [2.45, 2.75) is 53.9 Å². The van der Waals surface area contributed by atoms with Gasteiger partial charge in [-0.1, -0.05) is 53.2 Å². The number of rotatable bonds is 12. The highest BCUT2D eigenvalue weighted by atomic mass is 16.5. The second-order valence-corrected chi connectivity index (χ2v) is 11.2. The van der Waals surface area contributed by atoms with Crippen molar-refractivity contribution in [2.24, 2.45) is 0 Å². The molecule has 0 bridgehead atoms. The van der Waals surface area contributed by atoms with Gasteiger partial charge in [-0.25, -0.2) is 19.4 Å².